The van der Waals surface area contributed by atoms with Gasteiger partial charge >= 0.3 is 5.97 Å². The van der Waals surface area contributed by atoms with E-state index in [4.69, 9.17) is 9.84 Å². The van der Waals surface area contributed by atoms with Crippen molar-refractivity contribution in [1.29, 1.82) is 0 Å². The molecule has 0 fully saturated rings. The second kappa shape index (κ2) is 7.96. The predicted molar refractivity (Wildman–Crippen MR) is 75.9 cm³/mol. The molecule has 0 saturated heterocycles. The van der Waals surface area contributed by atoms with Crippen molar-refractivity contribution in [2.75, 3.05) is 32.1 Å². The second-order valence-corrected chi connectivity index (χ2v) is 4.13. The summed E-state index contributed by atoms with van der Waals surface area (Å²) >= 11 is 0. The van der Waals surface area contributed by atoms with Crippen LogP contribution in [-0.2, 0) is 9.59 Å². The Bertz CT molecular complexity index is 488. The van der Waals surface area contributed by atoms with Gasteiger partial charge in [-0.15, -0.1) is 6.58 Å². The molecule has 0 atom stereocenters. The molecule has 0 heterocycles. The van der Waals surface area contributed by atoms with E-state index < -0.39 is 5.97 Å². The number of amides is 1. The van der Waals surface area contributed by atoms with Crippen LogP contribution in [0.25, 0.3) is 0 Å². The number of hydrogen-bond acceptors (Lipinski definition) is 4. The average Bonchev–Trinajstić information content (AvgIpc) is 2.38. The van der Waals surface area contributed by atoms with Gasteiger partial charge in [-0.05, 0) is 12.1 Å². The highest BCUT2D eigenvalue weighted by atomic mass is 16.5. The molecule has 2 N–H and O–H groups in total. The molecule has 0 aliphatic heterocycles. The lowest BCUT2D eigenvalue weighted by Gasteiger charge is -2.17. The van der Waals surface area contributed by atoms with Gasteiger partial charge in [0.05, 0.1) is 20.2 Å². The molecule has 0 radical (unpaired) electrons. The first-order valence-corrected chi connectivity index (χ1v) is 6.04. The summed E-state index contributed by atoms with van der Waals surface area (Å²) in [6.07, 6.45) is 1.56. The molecule has 1 aromatic rings. The first-order chi connectivity index (χ1) is 9.55. The van der Waals surface area contributed by atoms with Gasteiger partial charge in [0.1, 0.15) is 5.75 Å². The Balaban J connectivity index is 2.59. The van der Waals surface area contributed by atoms with Crippen LogP contribution in [0.15, 0.2) is 36.9 Å². The molecular weight excluding hydrogens is 260 g/mol. The van der Waals surface area contributed by atoms with E-state index in [0.717, 1.165) is 0 Å². The fourth-order valence-corrected chi connectivity index (χ4v) is 1.66. The minimum atomic E-state index is -0.985. The Hall–Kier alpha value is -2.34. The van der Waals surface area contributed by atoms with Gasteiger partial charge in [0.25, 0.3) is 0 Å². The van der Waals surface area contributed by atoms with Crippen molar-refractivity contribution in [1.82, 2.24) is 4.90 Å². The van der Waals surface area contributed by atoms with Crippen LogP contribution >= 0.6 is 0 Å². The lowest BCUT2D eigenvalue weighted by Crippen LogP contribution is -2.37. The lowest BCUT2D eigenvalue weighted by atomic mass is 10.3. The summed E-state index contributed by atoms with van der Waals surface area (Å²) in [5, 5.41) is 11.4. The molecule has 6 heteroatoms. The molecule has 108 valence electrons. The predicted octanol–water partition coefficient (Wildman–Crippen LogP) is 1.21. The van der Waals surface area contributed by atoms with Crippen molar-refractivity contribution >= 4 is 17.6 Å². The Kier molecular flexibility index (Phi) is 6.25. The van der Waals surface area contributed by atoms with Gasteiger partial charge in [-0.3, -0.25) is 14.5 Å². The molecule has 1 rings (SSSR count). The van der Waals surface area contributed by atoms with E-state index in [1.54, 1.807) is 37.5 Å². The molecule has 1 amide bonds. The molecule has 0 spiro atoms. The number of carboxylic acid groups (broad SMARTS) is 1. The zero-order chi connectivity index (χ0) is 15.0. The highest BCUT2D eigenvalue weighted by Gasteiger charge is 2.13. The lowest BCUT2D eigenvalue weighted by molar-refractivity contribution is -0.138. The molecule has 20 heavy (non-hydrogen) atoms. The van der Waals surface area contributed by atoms with E-state index >= 15 is 0 Å². The number of carbonyl (C=O) groups excluding carboxylic acids is 1. The van der Waals surface area contributed by atoms with Crippen molar-refractivity contribution in [2.45, 2.75) is 0 Å². The van der Waals surface area contributed by atoms with Crippen LogP contribution < -0.4 is 10.1 Å². The zero-order valence-electron chi connectivity index (χ0n) is 11.3. The summed E-state index contributed by atoms with van der Waals surface area (Å²) < 4.78 is 5.06. The number of hydrogen-bond donors (Lipinski definition) is 2. The van der Waals surface area contributed by atoms with Crippen LogP contribution in [0.3, 0.4) is 0 Å². The molecule has 1 aromatic carbocycles. The summed E-state index contributed by atoms with van der Waals surface area (Å²) in [5.41, 5.74) is 0.600. The highest BCUT2D eigenvalue weighted by Crippen LogP contribution is 2.16. The molecule has 0 saturated carbocycles. The van der Waals surface area contributed by atoms with Crippen molar-refractivity contribution in [3.63, 3.8) is 0 Å². The number of carbonyl (C=O) groups is 2. The first kappa shape index (κ1) is 15.7. The number of benzene rings is 1. The number of carboxylic acids is 1. The molecule has 0 aliphatic carbocycles. The fraction of sp³-hybridized carbons (Fsp3) is 0.286. The number of nitrogens with one attached hydrogen (secondary N) is 1. The molecule has 0 aliphatic rings. The van der Waals surface area contributed by atoms with Gasteiger partial charge in [-0.1, -0.05) is 12.1 Å². The van der Waals surface area contributed by atoms with Crippen LogP contribution in [0, 0.1) is 0 Å². The van der Waals surface area contributed by atoms with Crippen LogP contribution in [0.4, 0.5) is 5.69 Å². The third-order valence-corrected chi connectivity index (χ3v) is 2.47. The number of methoxy groups -OCH3 is 1. The zero-order valence-corrected chi connectivity index (χ0v) is 11.3. The van der Waals surface area contributed by atoms with Crippen molar-refractivity contribution < 1.29 is 19.4 Å². The van der Waals surface area contributed by atoms with Gasteiger partial charge in [-0.2, -0.15) is 0 Å². The monoisotopic (exact) mass is 278 g/mol. The largest absolute Gasteiger partial charge is 0.497 e. The van der Waals surface area contributed by atoms with Gasteiger partial charge < -0.3 is 15.2 Å². The average molecular weight is 278 g/mol. The summed E-state index contributed by atoms with van der Waals surface area (Å²) in [5.74, 6) is -0.640. The smallest absolute Gasteiger partial charge is 0.317 e. The van der Waals surface area contributed by atoms with Gasteiger partial charge in [-0.25, -0.2) is 0 Å². The molecule has 6 nitrogen and oxygen atoms in total. The fourth-order valence-electron chi connectivity index (χ4n) is 1.66. The molecule has 0 aromatic heterocycles. The maximum absolute atomic E-state index is 11.9. The van der Waals surface area contributed by atoms with Crippen LogP contribution in [0.1, 0.15) is 0 Å². The van der Waals surface area contributed by atoms with Crippen LogP contribution in [-0.4, -0.2) is 48.6 Å². The maximum Gasteiger partial charge on any atom is 0.317 e. The quantitative estimate of drug-likeness (QED) is 0.699. The Morgan fingerprint density at radius 2 is 2.20 bits per heavy atom. The minimum absolute atomic E-state index is 0.0183. The van der Waals surface area contributed by atoms with Gasteiger partial charge in [0.2, 0.25) is 5.91 Å². The third kappa shape index (κ3) is 5.53. The van der Waals surface area contributed by atoms with Crippen LogP contribution in [0.5, 0.6) is 5.75 Å². The van der Waals surface area contributed by atoms with Gasteiger partial charge in [0, 0.05) is 18.3 Å². The molecular formula is C14H18N2O4. The van der Waals surface area contributed by atoms with Crippen molar-refractivity contribution in [3.05, 3.63) is 36.9 Å². The van der Waals surface area contributed by atoms with E-state index in [1.165, 1.54) is 4.90 Å². The van der Waals surface area contributed by atoms with Crippen molar-refractivity contribution in [3.8, 4) is 5.75 Å². The normalized spacial score (nSPS) is 10.1. The van der Waals surface area contributed by atoms with E-state index in [2.05, 4.69) is 11.9 Å². The Labute approximate surface area is 117 Å². The number of nitrogens with zero attached hydrogens (tertiary/aromatic N) is 1. The van der Waals surface area contributed by atoms with E-state index in [-0.39, 0.29) is 19.0 Å². The Morgan fingerprint density at radius 3 is 2.80 bits per heavy atom. The Morgan fingerprint density at radius 1 is 1.45 bits per heavy atom. The van der Waals surface area contributed by atoms with E-state index in [1.807, 2.05) is 0 Å². The maximum atomic E-state index is 11.9. The highest BCUT2D eigenvalue weighted by molar-refractivity contribution is 5.92. The van der Waals surface area contributed by atoms with E-state index in [0.29, 0.717) is 18.0 Å². The van der Waals surface area contributed by atoms with Crippen molar-refractivity contribution in [2.24, 2.45) is 0 Å². The number of aliphatic carboxylic acids is 1. The summed E-state index contributed by atoms with van der Waals surface area (Å²) in [6, 6.07) is 6.94. The third-order valence-electron chi connectivity index (χ3n) is 2.47. The second-order valence-electron chi connectivity index (χ2n) is 4.13. The van der Waals surface area contributed by atoms with Crippen LogP contribution in [0.2, 0.25) is 0 Å². The SMILES string of the molecule is C=CCN(CC(=O)O)CC(=O)Nc1cccc(OC)c1. The number of ether oxygens (including phenoxy) is 1. The molecule has 0 bridgehead atoms. The number of rotatable bonds is 8. The van der Waals surface area contributed by atoms with E-state index in [9.17, 15) is 9.59 Å². The summed E-state index contributed by atoms with van der Waals surface area (Å²) in [4.78, 5) is 24.0. The topological polar surface area (TPSA) is 78.9 Å². The standard InChI is InChI=1S/C14H18N2O4/c1-3-7-16(10-14(18)19)9-13(17)15-11-5-4-6-12(8-11)20-2/h3-6,8H,1,7,9-10H2,2H3,(H,15,17)(H,18,19). The first-order valence-electron chi connectivity index (χ1n) is 6.04. The minimum Gasteiger partial charge on any atom is -0.497 e. The number of anilines is 1. The summed E-state index contributed by atoms with van der Waals surface area (Å²) in [7, 11) is 1.54. The van der Waals surface area contributed by atoms with Gasteiger partial charge in [0.15, 0.2) is 0 Å². The summed E-state index contributed by atoms with van der Waals surface area (Å²) in [6.45, 7) is 3.64. The molecule has 0 unspecified atom stereocenters.